The summed E-state index contributed by atoms with van der Waals surface area (Å²) in [7, 11) is -3.81. The maximum atomic E-state index is 14.1. The van der Waals surface area contributed by atoms with Crippen LogP contribution in [0.2, 0.25) is 0 Å². The number of sulfone groups is 1. The van der Waals surface area contributed by atoms with E-state index in [2.05, 4.69) is 5.32 Å². The molecule has 4 rings (SSSR count). The van der Waals surface area contributed by atoms with Crippen LogP contribution in [-0.2, 0) is 54.3 Å². The van der Waals surface area contributed by atoms with Gasteiger partial charge >= 0.3 is 5.97 Å². The van der Waals surface area contributed by atoms with Crippen molar-refractivity contribution in [3.63, 3.8) is 0 Å². The highest BCUT2D eigenvalue weighted by molar-refractivity contribution is 7.91. The Labute approximate surface area is 361 Å². The number of hydrogen-bond acceptors (Lipinski definition) is 12. The van der Waals surface area contributed by atoms with Gasteiger partial charge in [0.25, 0.3) is 0 Å². The number of amides is 1. The molecule has 1 saturated heterocycles. The van der Waals surface area contributed by atoms with Crippen LogP contribution >= 0.6 is 0 Å². The molecule has 0 bridgehead atoms. The van der Waals surface area contributed by atoms with Gasteiger partial charge in [-0.1, -0.05) is 71.8 Å². The lowest BCUT2D eigenvalue weighted by Crippen LogP contribution is -2.40. The predicted octanol–water partition coefficient (Wildman–Crippen LogP) is 6.10. The maximum Gasteiger partial charge on any atom is 0.306 e. The van der Waals surface area contributed by atoms with Gasteiger partial charge in [-0.25, -0.2) is 8.42 Å². The second-order valence-corrected chi connectivity index (χ2v) is 18.4. The molecule has 3 aromatic rings. The Balaban J connectivity index is 1.46. The van der Waals surface area contributed by atoms with Crippen molar-refractivity contribution in [2.45, 2.75) is 83.3 Å². The SMILES string of the molecule is Cc1ccc(CCC(CS(=O)(=O)c2ccc(C)cc2)C(=O)c2ccc(C(=O)C[C@@H](CCC(=O)OC(C)(C)C)C(=O)NCC3COCCOCCOCCOCCO3)cc2)cc1. The van der Waals surface area contributed by atoms with Crippen LogP contribution in [0.3, 0.4) is 0 Å². The minimum atomic E-state index is -3.81. The van der Waals surface area contributed by atoms with E-state index in [0.29, 0.717) is 59.1 Å². The number of ketones is 2. The molecule has 1 fully saturated rings. The number of benzene rings is 3. The first-order chi connectivity index (χ1) is 29.1. The highest BCUT2D eigenvalue weighted by Crippen LogP contribution is 2.24. The second kappa shape index (κ2) is 25.0. The molecule has 2 unspecified atom stereocenters. The lowest BCUT2D eigenvalue weighted by atomic mass is 9.90. The standard InChI is InChI=1S/C47H63NO12S/c1-34-6-10-36(11-7-34)12-13-40(33-61(53,54)42-19-8-35(2)9-20-42)45(51)38-16-14-37(15-17-38)43(49)30-39(18-21-44(50)60-47(3,4)5)46(52)48-31-41-32-58-27-26-56-23-22-55-24-25-57-28-29-59-41/h6-11,14-17,19-20,39-41H,12-13,18,21-33H2,1-5H3,(H,48,52)/t39-,40?,41?/m1/s1. The molecule has 0 spiro atoms. The summed E-state index contributed by atoms with van der Waals surface area (Å²) >= 11 is 0. The number of hydrogen-bond donors (Lipinski definition) is 1. The predicted molar refractivity (Wildman–Crippen MR) is 231 cm³/mol. The number of ether oxygens (including phenoxy) is 6. The molecule has 0 aromatic heterocycles. The number of Topliss-reactive ketones (excluding diaryl/α,β-unsaturated/α-hetero) is 2. The van der Waals surface area contributed by atoms with Gasteiger partial charge < -0.3 is 33.7 Å². The third-order valence-corrected chi connectivity index (χ3v) is 11.8. The third-order valence-electron chi connectivity index (χ3n) is 9.99. The van der Waals surface area contributed by atoms with Crippen molar-refractivity contribution in [2.75, 3.05) is 71.8 Å². The number of carbonyl (C=O) groups excluding carboxylic acids is 4. The van der Waals surface area contributed by atoms with Gasteiger partial charge in [-0.3, -0.25) is 19.2 Å². The van der Waals surface area contributed by atoms with E-state index < -0.39 is 45.3 Å². The summed E-state index contributed by atoms with van der Waals surface area (Å²) in [6.45, 7) is 12.4. The Kier molecular flexibility index (Phi) is 20.2. The zero-order valence-corrected chi connectivity index (χ0v) is 37.1. The van der Waals surface area contributed by atoms with E-state index in [1.54, 1.807) is 45.0 Å². The average molecular weight is 866 g/mol. The summed E-state index contributed by atoms with van der Waals surface area (Å²) in [5.74, 6) is -3.75. The number of rotatable bonds is 17. The normalized spacial score (nSPS) is 17.2. The summed E-state index contributed by atoms with van der Waals surface area (Å²) in [5, 5.41) is 2.89. The smallest absolute Gasteiger partial charge is 0.306 e. The lowest BCUT2D eigenvalue weighted by molar-refractivity contribution is -0.155. The fourth-order valence-electron chi connectivity index (χ4n) is 6.57. The van der Waals surface area contributed by atoms with Crippen molar-refractivity contribution in [3.8, 4) is 0 Å². The van der Waals surface area contributed by atoms with Crippen LogP contribution in [0.15, 0.2) is 77.7 Å². The van der Waals surface area contributed by atoms with Crippen molar-refractivity contribution in [2.24, 2.45) is 11.8 Å². The Hall–Kier alpha value is -4.31. The number of carbonyl (C=O) groups is 4. The van der Waals surface area contributed by atoms with E-state index in [1.165, 1.54) is 24.3 Å². The third kappa shape index (κ3) is 18.3. The summed E-state index contributed by atoms with van der Waals surface area (Å²) in [4.78, 5) is 54.4. The summed E-state index contributed by atoms with van der Waals surface area (Å²) in [6.07, 6.45) is 0.0335. The van der Waals surface area contributed by atoms with Gasteiger partial charge in [0, 0.05) is 42.3 Å². The van der Waals surface area contributed by atoms with E-state index in [1.807, 2.05) is 38.1 Å². The second-order valence-electron chi connectivity index (χ2n) is 16.4. The van der Waals surface area contributed by atoms with Gasteiger partial charge in [0.15, 0.2) is 21.4 Å². The molecule has 334 valence electrons. The van der Waals surface area contributed by atoms with Crippen LogP contribution in [0.5, 0.6) is 0 Å². The van der Waals surface area contributed by atoms with Crippen LogP contribution in [0.1, 0.15) is 83.9 Å². The van der Waals surface area contributed by atoms with Crippen LogP contribution < -0.4 is 5.32 Å². The molecule has 1 heterocycles. The summed E-state index contributed by atoms with van der Waals surface area (Å²) < 4.78 is 60.8. The molecule has 3 aromatic carbocycles. The first-order valence-electron chi connectivity index (χ1n) is 21.0. The number of nitrogens with one attached hydrogen (secondary N) is 1. The molecule has 14 heteroatoms. The maximum absolute atomic E-state index is 14.1. The first kappa shape index (κ1) is 49.3. The summed E-state index contributed by atoms with van der Waals surface area (Å²) in [5.41, 5.74) is 2.83. The topological polar surface area (TPSA) is 170 Å². The van der Waals surface area contributed by atoms with Gasteiger partial charge in [-0.2, -0.15) is 0 Å². The molecule has 0 saturated carbocycles. The van der Waals surface area contributed by atoms with Crippen LogP contribution in [0, 0.1) is 25.7 Å². The first-order valence-corrected chi connectivity index (χ1v) is 22.7. The van der Waals surface area contributed by atoms with E-state index in [4.69, 9.17) is 28.4 Å². The van der Waals surface area contributed by atoms with E-state index in [-0.39, 0.29) is 72.4 Å². The molecular weight excluding hydrogens is 803 g/mol. The van der Waals surface area contributed by atoms with Crippen LogP contribution in [0.25, 0.3) is 0 Å². The molecule has 13 nitrogen and oxygen atoms in total. The molecular formula is C47H63NO12S. The van der Waals surface area contributed by atoms with Crippen molar-refractivity contribution < 1.29 is 56.0 Å². The van der Waals surface area contributed by atoms with Crippen molar-refractivity contribution >= 4 is 33.3 Å². The monoisotopic (exact) mass is 865 g/mol. The highest BCUT2D eigenvalue weighted by atomic mass is 32.2. The molecule has 1 aliphatic rings. The largest absolute Gasteiger partial charge is 0.460 e. The highest BCUT2D eigenvalue weighted by Gasteiger charge is 2.29. The van der Waals surface area contributed by atoms with Crippen LogP contribution in [-0.4, -0.2) is 115 Å². The fraction of sp³-hybridized carbons (Fsp3) is 0.532. The Morgan fingerprint density at radius 1 is 0.705 bits per heavy atom. The Morgan fingerprint density at radius 3 is 1.84 bits per heavy atom. The minimum Gasteiger partial charge on any atom is -0.460 e. The van der Waals surface area contributed by atoms with Crippen molar-refractivity contribution in [3.05, 3.63) is 101 Å². The molecule has 0 aliphatic carbocycles. The fourth-order valence-corrected chi connectivity index (χ4v) is 8.16. The Bertz CT molecular complexity index is 1920. The van der Waals surface area contributed by atoms with Gasteiger partial charge in [-0.05, 0) is 71.6 Å². The van der Waals surface area contributed by atoms with E-state index in [0.717, 1.165) is 16.7 Å². The van der Waals surface area contributed by atoms with Gasteiger partial charge in [0.1, 0.15) is 5.60 Å². The lowest BCUT2D eigenvalue weighted by Gasteiger charge is -2.22. The zero-order valence-electron chi connectivity index (χ0n) is 36.3. The Morgan fingerprint density at radius 2 is 1.25 bits per heavy atom. The van der Waals surface area contributed by atoms with E-state index >= 15 is 0 Å². The molecule has 0 radical (unpaired) electrons. The van der Waals surface area contributed by atoms with Crippen LogP contribution in [0.4, 0.5) is 0 Å². The molecule has 61 heavy (non-hydrogen) atoms. The van der Waals surface area contributed by atoms with Gasteiger partial charge in [-0.15, -0.1) is 0 Å². The summed E-state index contributed by atoms with van der Waals surface area (Å²) in [6, 6.07) is 20.6. The molecule has 3 atom stereocenters. The van der Waals surface area contributed by atoms with Gasteiger partial charge in [0.05, 0.1) is 76.2 Å². The minimum absolute atomic E-state index is 0.0520. The average Bonchev–Trinajstić information content (AvgIpc) is 3.23. The molecule has 1 aliphatic heterocycles. The van der Waals surface area contributed by atoms with E-state index in [9.17, 15) is 27.6 Å². The zero-order chi connectivity index (χ0) is 44.3. The molecule has 1 amide bonds. The quantitative estimate of drug-likeness (QED) is 0.122. The number of aryl methyl sites for hydroxylation is 3. The van der Waals surface area contributed by atoms with Crippen molar-refractivity contribution in [1.82, 2.24) is 5.32 Å². The van der Waals surface area contributed by atoms with Crippen molar-refractivity contribution in [1.29, 1.82) is 0 Å². The number of esters is 1. The molecule has 1 N–H and O–H groups in total. The van der Waals surface area contributed by atoms with Gasteiger partial charge in [0.2, 0.25) is 5.91 Å².